The van der Waals surface area contributed by atoms with E-state index >= 15 is 0 Å². The fourth-order valence-corrected chi connectivity index (χ4v) is 3.48. The van der Waals surface area contributed by atoms with Crippen LogP contribution in [-0.2, 0) is 24.5 Å². The molecule has 1 aliphatic rings. The summed E-state index contributed by atoms with van der Waals surface area (Å²) in [7, 11) is 0. The topological polar surface area (TPSA) is 73.9 Å². The maximum Gasteiger partial charge on any atom is 0.508 e. The normalized spacial score (nSPS) is 20.0. The maximum absolute atomic E-state index is 12.7. The van der Waals surface area contributed by atoms with E-state index in [9.17, 15) is 9.59 Å². The van der Waals surface area contributed by atoms with Crippen molar-refractivity contribution in [2.75, 3.05) is 33.0 Å². The van der Waals surface area contributed by atoms with Crippen LogP contribution >= 0.6 is 11.6 Å². The lowest BCUT2D eigenvalue weighted by Crippen LogP contribution is -2.52. The van der Waals surface area contributed by atoms with Gasteiger partial charge in [-0.05, 0) is 31.4 Å². The average molecular weight is 384 g/mol. The van der Waals surface area contributed by atoms with Crippen LogP contribution in [0.25, 0.3) is 0 Å². The Labute approximate surface area is 159 Å². The summed E-state index contributed by atoms with van der Waals surface area (Å²) in [5, 5.41) is 3.97. The zero-order chi connectivity index (χ0) is 18.8. The number of ether oxygens (including phenoxy) is 3. The second-order valence-corrected chi connectivity index (χ2v) is 6.49. The van der Waals surface area contributed by atoms with Gasteiger partial charge >= 0.3 is 6.16 Å². The molecule has 0 amide bonds. The van der Waals surface area contributed by atoms with Crippen LogP contribution in [0.2, 0.25) is 5.02 Å². The van der Waals surface area contributed by atoms with Crippen LogP contribution in [0.15, 0.2) is 24.3 Å². The van der Waals surface area contributed by atoms with Gasteiger partial charge in [0.1, 0.15) is 12.1 Å². The molecule has 26 heavy (non-hydrogen) atoms. The number of halogens is 1. The first-order valence-corrected chi connectivity index (χ1v) is 9.38. The molecule has 1 saturated carbocycles. The Kier molecular flexibility index (Phi) is 8.35. The van der Waals surface area contributed by atoms with Gasteiger partial charge in [-0.3, -0.25) is 10.1 Å². The molecular formula is C19H26ClNO5. The summed E-state index contributed by atoms with van der Waals surface area (Å²) in [5.74, 6) is 0.169. The summed E-state index contributed by atoms with van der Waals surface area (Å²) in [6.45, 7) is 3.29. The van der Waals surface area contributed by atoms with Gasteiger partial charge in [-0.25, -0.2) is 4.79 Å². The molecule has 2 rings (SSSR count). The van der Waals surface area contributed by atoms with E-state index in [1.807, 2.05) is 24.3 Å². The molecule has 6 nitrogen and oxygen atoms in total. The minimum atomic E-state index is -0.749. The molecule has 1 aromatic rings. The van der Waals surface area contributed by atoms with Crippen molar-refractivity contribution >= 4 is 23.5 Å². The molecule has 1 N–H and O–H groups in total. The minimum Gasteiger partial charge on any atom is -0.435 e. The van der Waals surface area contributed by atoms with Crippen LogP contribution < -0.4 is 5.32 Å². The average Bonchev–Trinajstić information content (AvgIpc) is 2.63. The number of carbonyl (C=O) groups is 2. The van der Waals surface area contributed by atoms with Crippen LogP contribution in [0, 0.1) is 0 Å². The molecule has 1 fully saturated rings. The standard InChI is InChI=1S/C19H26ClNO5/c1-2-25-18(23)26-14-13-24-12-11-21-19(10-6-5-9-17(19)22)15-7-3-4-8-16(15)20/h3-4,7-8,21H,2,5-6,9-14H2,1H3. The Balaban J connectivity index is 1.84. The first-order valence-electron chi connectivity index (χ1n) is 9.01. The Morgan fingerprint density at radius 2 is 2.00 bits per heavy atom. The molecule has 0 radical (unpaired) electrons. The predicted molar refractivity (Wildman–Crippen MR) is 98.4 cm³/mol. The lowest BCUT2D eigenvalue weighted by Gasteiger charge is -2.38. The van der Waals surface area contributed by atoms with E-state index in [0.717, 1.165) is 24.8 Å². The molecule has 0 aromatic heterocycles. The molecule has 1 atom stereocenters. The van der Waals surface area contributed by atoms with E-state index in [-0.39, 0.29) is 25.6 Å². The van der Waals surface area contributed by atoms with Crippen LogP contribution in [-0.4, -0.2) is 44.9 Å². The molecule has 0 bridgehead atoms. The molecule has 0 heterocycles. The number of hydrogen-bond acceptors (Lipinski definition) is 6. The molecule has 0 saturated heterocycles. The third-order valence-electron chi connectivity index (χ3n) is 4.40. The van der Waals surface area contributed by atoms with Gasteiger partial charge in [0, 0.05) is 18.0 Å². The zero-order valence-electron chi connectivity index (χ0n) is 15.1. The number of hydrogen-bond donors (Lipinski definition) is 1. The predicted octanol–water partition coefficient (Wildman–Crippen LogP) is 3.46. The van der Waals surface area contributed by atoms with Gasteiger partial charge in [0.15, 0.2) is 5.78 Å². The quantitative estimate of drug-likeness (QED) is 0.520. The SMILES string of the molecule is CCOC(=O)OCCOCCNC1(c2ccccc2Cl)CCCCC1=O. The molecule has 1 aromatic carbocycles. The van der Waals surface area contributed by atoms with Crippen LogP contribution in [0.5, 0.6) is 0 Å². The third kappa shape index (κ3) is 5.43. The molecule has 1 aliphatic carbocycles. The summed E-state index contributed by atoms with van der Waals surface area (Å²) in [4.78, 5) is 23.8. The number of Topliss-reactive ketones (excluding diaryl/α,β-unsaturated/α-hetero) is 1. The fourth-order valence-electron chi connectivity index (χ4n) is 3.19. The molecular weight excluding hydrogens is 358 g/mol. The highest BCUT2D eigenvalue weighted by atomic mass is 35.5. The van der Waals surface area contributed by atoms with Crippen molar-refractivity contribution in [3.05, 3.63) is 34.9 Å². The van der Waals surface area contributed by atoms with Crippen LogP contribution in [0.1, 0.15) is 38.2 Å². The van der Waals surface area contributed by atoms with E-state index in [4.69, 9.17) is 21.1 Å². The molecule has 7 heteroatoms. The fraction of sp³-hybridized carbons (Fsp3) is 0.579. The number of carbonyl (C=O) groups excluding carboxylic acids is 2. The lowest BCUT2D eigenvalue weighted by atomic mass is 9.75. The number of benzene rings is 1. The van der Waals surface area contributed by atoms with E-state index in [1.54, 1.807) is 6.92 Å². The van der Waals surface area contributed by atoms with Crippen molar-refractivity contribution in [1.82, 2.24) is 5.32 Å². The van der Waals surface area contributed by atoms with Crippen LogP contribution in [0.3, 0.4) is 0 Å². The van der Waals surface area contributed by atoms with Gasteiger partial charge < -0.3 is 14.2 Å². The van der Waals surface area contributed by atoms with Crippen molar-refractivity contribution in [3.8, 4) is 0 Å². The highest BCUT2D eigenvalue weighted by Gasteiger charge is 2.41. The summed E-state index contributed by atoms with van der Waals surface area (Å²) in [6.07, 6.45) is 2.46. The van der Waals surface area contributed by atoms with Gasteiger partial charge in [-0.2, -0.15) is 0 Å². The lowest BCUT2D eigenvalue weighted by molar-refractivity contribution is -0.128. The highest BCUT2D eigenvalue weighted by Crippen LogP contribution is 2.37. The van der Waals surface area contributed by atoms with Crippen molar-refractivity contribution in [3.63, 3.8) is 0 Å². The Hall–Kier alpha value is -1.63. The molecule has 144 valence electrons. The smallest absolute Gasteiger partial charge is 0.435 e. The van der Waals surface area contributed by atoms with Gasteiger partial charge in [-0.15, -0.1) is 0 Å². The molecule has 0 aliphatic heterocycles. The highest BCUT2D eigenvalue weighted by molar-refractivity contribution is 6.31. The van der Waals surface area contributed by atoms with Crippen molar-refractivity contribution in [2.24, 2.45) is 0 Å². The minimum absolute atomic E-state index is 0.132. The van der Waals surface area contributed by atoms with Crippen molar-refractivity contribution in [1.29, 1.82) is 0 Å². The van der Waals surface area contributed by atoms with E-state index < -0.39 is 11.7 Å². The largest absolute Gasteiger partial charge is 0.508 e. The second kappa shape index (κ2) is 10.5. The van der Waals surface area contributed by atoms with Gasteiger partial charge in [0.25, 0.3) is 0 Å². The zero-order valence-corrected chi connectivity index (χ0v) is 15.8. The number of ketones is 1. The Morgan fingerprint density at radius 1 is 1.19 bits per heavy atom. The summed E-state index contributed by atoms with van der Waals surface area (Å²) in [6, 6.07) is 7.48. The van der Waals surface area contributed by atoms with Crippen molar-refractivity contribution in [2.45, 2.75) is 38.1 Å². The van der Waals surface area contributed by atoms with Crippen molar-refractivity contribution < 1.29 is 23.8 Å². The summed E-state index contributed by atoms with van der Waals surface area (Å²) < 4.78 is 14.9. The van der Waals surface area contributed by atoms with E-state index in [1.165, 1.54) is 0 Å². The van der Waals surface area contributed by atoms with Gasteiger partial charge in [0.05, 0.1) is 19.8 Å². The Bertz CT molecular complexity index is 609. The summed E-state index contributed by atoms with van der Waals surface area (Å²) >= 11 is 6.37. The van der Waals surface area contributed by atoms with Gasteiger partial charge in [0.2, 0.25) is 0 Å². The third-order valence-corrected chi connectivity index (χ3v) is 4.73. The van der Waals surface area contributed by atoms with Gasteiger partial charge in [-0.1, -0.05) is 36.2 Å². The van der Waals surface area contributed by atoms with Crippen LogP contribution in [0.4, 0.5) is 4.79 Å². The number of rotatable bonds is 9. The van der Waals surface area contributed by atoms with E-state index in [2.05, 4.69) is 10.1 Å². The molecule has 1 unspecified atom stereocenters. The van der Waals surface area contributed by atoms with E-state index in [0.29, 0.717) is 24.6 Å². The Morgan fingerprint density at radius 3 is 2.73 bits per heavy atom. The first kappa shape index (κ1) is 20.7. The monoisotopic (exact) mass is 383 g/mol. The molecule has 0 spiro atoms. The summed E-state index contributed by atoms with van der Waals surface area (Å²) in [5.41, 5.74) is 0.0819. The number of nitrogens with one attached hydrogen (secondary N) is 1. The first-order chi connectivity index (χ1) is 12.6. The second-order valence-electron chi connectivity index (χ2n) is 6.09. The maximum atomic E-state index is 12.7.